The Labute approximate surface area is 208 Å². The summed E-state index contributed by atoms with van der Waals surface area (Å²) in [6.45, 7) is -0.149. The third-order valence-electron chi connectivity index (χ3n) is 5.45. The van der Waals surface area contributed by atoms with Gasteiger partial charge in [0.1, 0.15) is 5.69 Å². The summed E-state index contributed by atoms with van der Waals surface area (Å²) in [6.07, 6.45) is 0. The molecular formula is C24H17ClN4O7. The molecule has 3 amide bonds. The molecule has 0 radical (unpaired) electrons. The van der Waals surface area contributed by atoms with Crippen LogP contribution in [0.4, 0.5) is 17.1 Å². The zero-order valence-electron chi connectivity index (χ0n) is 18.4. The van der Waals surface area contributed by atoms with Crippen LogP contribution in [0.3, 0.4) is 0 Å². The van der Waals surface area contributed by atoms with Crippen LogP contribution in [0.15, 0.2) is 60.7 Å². The largest absolute Gasteiger partial charge is 0.478 e. The normalized spacial score (nSPS) is 12.3. The van der Waals surface area contributed by atoms with Gasteiger partial charge in [-0.3, -0.25) is 29.4 Å². The van der Waals surface area contributed by atoms with Gasteiger partial charge in [0.15, 0.2) is 0 Å². The van der Waals surface area contributed by atoms with Crippen molar-refractivity contribution in [2.24, 2.45) is 0 Å². The maximum Gasteiger partial charge on any atom is 0.335 e. The lowest BCUT2D eigenvalue weighted by molar-refractivity contribution is -0.384. The first-order chi connectivity index (χ1) is 17.2. The van der Waals surface area contributed by atoms with Gasteiger partial charge < -0.3 is 15.7 Å². The number of nitro benzene ring substituents is 1. The predicted molar refractivity (Wildman–Crippen MR) is 130 cm³/mol. The summed E-state index contributed by atoms with van der Waals surface area (Å²) < 4.78 is 0. The molecule has 36 heavy (non-hydrogen) atoms. The van der Waals surface area contributed by atoms with Crippen molar-refractivity contribution < 1.29 is 29.2 Å². The van der Waals surface area contributed by atoms with Gasteiger partial charge in [-0.05, 0) is 42.5 Å². The van der Waals surface area contributed by atoms with Crippen molar-refractivity contribution in [3.8, 4) is 0 Å². The van der Waals surface area contributed by atoms with Gasteiger partial charge >= 0.3 is 5.97 Å². The predicted octanol–water partition coefficient (Wildman–Crippen LogP) is 3.91. The van der Waals surface area contributed by atoms with Crippen molar-refractivity contribution >= 4 is 52.4 Å². The number of nitrogens with zero attached hydrogens (tertiary/aromatic N) is 2. The lowest BCUT2D eigenvalue weighted by Crippen LogP contribution is -2.34. The number of rotatable bonds is 8. The van der Waals surface area contributed by atoms with E-state index in [4.69, 9.17) is 16.7 Å². The molecule has 12 heteroatoms. The van der Waals surface area contributed by atoms with E-state index in [1.807, 2.05) is 0 Å². The summed E-state index contributed by atoms with van der Waals surface area (Å²) in [4.78, 5) is 60.8. The molecule has 1 aliphatic heterocycles. The van der Waals surface area contributed by atoms with Gasteiger partial charge in [0.05, 0.1) is 32.3 Å². The second-order valence-electron chi connectivity index (χ2n) is 7.68. The van der Waals surface area contributed by atoms with Gasteiger partial charge in [-0.25, -0.2) is 4.79 Å². The van der Waals surface area contributed by atoms with E-state index < -0.39 is 28.6 Å². The highest BCUT2D eigenvalue weighted by molar-refractivity contribution is 6.33. The third-order valence-corrected chi connectivity index (χ3v) is 5.78. The van der Waals surface area contributed by atoms with Gasteiger partial charge in [0.2, 0.25) is 0 Å². The molecule has 0 spiro atoms. The number of amides is 3. The van der Waals surface area contributed by atoms with Crippen LogP contribution < -0.4 is 10.6 Å². The summed E-state index contributed by atoms with van der Waals surface area (Å²) >= 11 is 6.03. The van der Waals surface area contributed by atoms with E-state index in [1.54, 1.807) is 24.3 Å². The first-order valence-corrected chi connectivity index (χ1v) is 10.9. The molecule has 11 nitrogen and oxygen atoms in total. The lowest BCUT2D eigenvalue weighted by atomic mass is 10.1. The molecule has 0 unspecified atom stereocenters. The van der Waals surface area contributed by atoms with Crippen molar-refractivity contribution in [2.75, 3.05) is 23.7 Å². The second-order valence-corrected chi connectivity index (χ2v) is 8.08. The SMILES string of the molecule is O=C(O)c1ccc2c(c1)C(=O)N(CCNc1ccc(C(=O)Nc3ccccc3Cl)cc1[N+](=O)[O-])C2=O. The number of nitro groups is 1. The minimum Gasteiger partial charge on any atom is -0.478 e. The van der Waals surface area contributed by atoms with E-state index >= 15 is 0 Å². The topological polar surface area (TPSA) is 159 Å². The number of carbonyl (C=O) groups is 4. The maximum absolute atomic E-state index is 12.6. The molecule has 0 saturated carbocycles. The Hall–Kier alpha value is -4.77. The quantitative estimate of drug-likeness (QED) is 0.234. The molecule has 0 atom stereocenters. The van der Waals surface area contributed by atoms with Crippen LogP contribution in [0.2, 0.25) is 5.02 Å². The zero-order valence-corrected chi connectivity index (χ0v) is 19.1. The molecule has 4 rings (SSSR count). The Morgan fingerprint density at radius 3 is 2.33 bits per heavy atom. The first kappa shape index (κ1) is 24.4. The van der Waals surface area contributed by atoms with Gasteiger partial charge in [-0.15, -0.1) is 0 Å². The Kier molecular flexibility index (Phi) is 6.66. The Bertz CT molecular complexity index is 1440. The molecule has 3 aromatic rings. The Morgan fingerprint density at radius 2 is 1.64 bits per heavy atom. The van der Waals surface area contributed by atoms with E-state index in [9.17, 15) is 29.3 Å². The standard InChI is InChI=1S/C24H17ClN4O7/c25-17-3-1-2-4-18(17)27-21(30)13-6-8-19(20(12-13)29(35)36)26-9-10-28-22(31)15-7-5-14(24(33)34)11-16(15)23(28)32/h1-8,11-12,26H,9-10H2,(H,27,30)(H,33,34). The summed E-state index contributed by atoms with van der Waals surface area (Å²) in [5.74, 6) is -3.06. The van der Waals surface area contributed by atoms with Gasteiger partial charge in [-0.1, -0.05) is 23.7 Å². The van der Waals surface area contributed by atoms with E-state index in [-0.39, 0.29) is 46.7 Å². The van der Waals surface area contributed by atoms with E-state index in [0.717, 1.165) is 17.0 Å². The molecule has 1 aliphatic rings. The smallest absolute Gasteiger partial charge is 0.335 e. The number of carboxylic acid groups (broad SMARTS) is 1. The van der Waals surface area contributed by atoms with E-state index in [0.29, 0.717) is 10.7 Å². The number of imide groups is 1. The van der Waals surface area contributed by atoms with Gasteiger partial charge in [0.25, 0.3) is 23.4 Å². The molecule has 0 aliphatic carbocycles. The summed E-state index contributed by atoms with van der Waals surface area (Å²) in [5, 5.41) is 26.4. The number of carbonyl (C=O) groups excluding carboxylic acids is 3. The Balaban J connectivity index is 1.45. The number of nitrogens with one attached hydrogen (secondary N) is 2. The highest BCUT2D eigenvalue weighted by Gasteiger charge is 2.35. The van der Waals surface area contributed by atoms with E-state index in [2.05, 4.69) is 10.6 Å². The monoisotopic (exact) mass is 508 g/mol. The number of aromatic carboxylic acids is 1. The van der Waals surface area contributed by atoms with Crippen LogP contribution >= 0.6 is 11.6 Å². The van der Waals surface area contributed by atoms with E-state index in [1.165, 1.54) is 24.3 Å². The Morgan fingerprint density at radius 1 is 0.944 bits per heavy atom. The van der Waals surface area contributed by atoms with Crippen molar-refractivity contribution in [2.45, 2.75) is 0 Å². The fourth-order valence-corrected chi connectivity index (χ4v) is 3.84. The highest BCUT2D eigenvalue weighted by atomic mass is 35.5. The molecule has 3 N–H and O–H groups in total. The molecule has 182 valence electrons. The summed E-state index contributed by atoms with van der Waals surface area (Å²) in [6, 6.07) is 14.0. The highest BCUT2D eigenvalue weighted by Crippen LogP contribution is 2.28. The number of halogens is 1. The van der Waals surface area contributed by atoms with Crippen molar-refractivity contribution in [3.05, 3.63) is 98.1 Å². The summed E-state index contributed by atoms with van der Waals surface area (Å²) in [7, 11) is 0. The maximum atomic E-state index is 12.6. The lowest BCUT2D eigenvalue weighted by Gasteiger charge is -2.15. The minimum absolute atomic E-state index is 0.0141. The fourth-order valence-electron chi connectivity index (χ4n) is 3.66. The third kappa shape index (κ3) is 4.72. The molecule has 0 bridgehead atoms. The van der Waals surface area contributed by atoms with Crippen LogP contribution in [0.25, 0.3) is 0 Å². The van der Waals surface area contributed by atoms with Crippen LogP contribution in [-0.4, -0.2) is 51.7 Å². The molecule has 0 aromatic heterocycles. The number of fused-ring (bicyclic) bond motifs is 1. The average Bonchev–Trinajstić information content (AvgIpc) is 3.09. The second kappa shape index (κ2) is 9.84. The molecule has 0 fully saturated rings. The van der Waals surface area contributed by atoms with Gasteiger partial charge in [0, 0.05) is 24.7 Å². The summed E-state index contributed by atoms with van der Waals surface area (Å²) in [5.41, 5.74) is 0.0373. The van der Waals surface area contributed by atoms with Gasteiger partial charge in [-0.2, -0.15) is 0 Å². The van der Waals surface area contributed by atoms with Crippen LogP contribution in [0.1, 0.15) is 41.4 Å². The number of para-hydroxylation sites is 1. The molecular weight excluding hydrogens is 492 g/mol. The number of anilines is 2. The molecule has 3 aromatic carbocycles. The fraction of sp³-hybridized carbons (Fsp3) is 0.0833. The van der Waals surface area contributed by atoms with Crippen molar-refractivity contribution in [3.63, 3.8) is 0 Å². The zero-order chi connectivity index (χ0) is 26.0. The molecule has 1 heterocycles. The van der Waals surface area contributed by atoms with Crippen molar-refractivity contribution in [1.29, 1.82) is 0 Å². The number of benzene rings is 3. The van der Waals surface area contributed by atoms with Crippen LogP contribution in [0, 0.1) is 10.1 Å². The first-order valence-electron chi connectivity index (χ1n) is 10.5. The number of carboxylic acids is 1. The molecule has 0 saturated heterocycles. The average molecular weight is 509 g/mol. The van der Waals surface area contributed by atoms with Crippen LogP contribution in [-0.2, 0) is 0 Å². The van der Waals surface area contributed by atoms with Crippen molar-refractivity contribution in [1.82, 2.24) is 4.90 Å². The number of hydrogen-bond donors (Lipinski definition) is 3. The minimum atomic E-state index is -1.23. The van der Waals surface area contributed by atoms with Crippen LogP contribution in [0.5, 0.6) is 0 Å². The number of hydrogen-bond acceptors (Lipinski definition) is 7.